The summed E-state index contributed by atoms with van der Waals surface area (Å²) in [7, 11) is -2.30. The SMILES string of the molecule is C=CC(=O)Nc1cccc(F)c1C[P+](c1ccccc1)(c1ccccc1)c1ccccc1. The topological polar surface area (TPSA) is 29.1 Å². The summed E-state index contributed by atoms with van der Waals surface area (Å²) in [6.45, 7) is 3.53. The van der Waals surface area contributed by atoms with Crippen LogP contribution in [0, 0.1) is 5.82 Å². The number of hydrogen-bond acceptors (Lipinski definition) is 1. The molecule has 4 aromatic rings. The smallest absolute Gasteiger partial charge is 0.247 e. The molecule has 0 saturated carbocycles. The predicted octanol–water partition coefficient (Wildman–Crippen LogP) is 5.44. The molecule has 158 valence electrons. The molecule has 2 nitrogen and oxygen atoms in total. The molecular weight excluding hydrogens is 416 g/mol. The Kier molecular flexibility index (Phi) is 6.58. The van der Waals surface area contributed by atoms with Crippen molar-refractivity contribution < 1.29 is 9.18 Å². The van der Waals surface area contributed by atoms with E-state index in [-0.39, 0.29) is 11.7 Å². The summed E-state index contributed by atoms with van der Waals surface area (Å²) in [4.78, 5) is 12.1. The van der Waals surface area contributed by atoms with E-state index in [9.17, 15) is 4.79 Å². The van der Waals surface area contributed by atoms with E-state index in [4.69, 9.17) is 0 Å². The molecule has 4 rings (SSSR count). The zero-order valence-corrected chi connectivity index (χ0v) is 18.5. The Morgan fingerprint density at radius 1 is 0.750 bits per heavy atom. The van der Waals surface area contributed by atoms with E-state index >= 15 is 4.39 Å². The summed E-state index contributed by atoms with van der Waals surface area (Å²) >= 11 is 0. The molecule has 1 amide bonds. The molecule has 4 aromatic carbocycles. The zero-order valence-electron chi connectivity index (χ0n) is 17.6. The minimum absolute atomic E-state index is 0.334. The van der Waals surface area contributed by atoms with Gasteiger partial charge in [-0.2, -0.15) is 0 Å². The van der Waals surface area contributed by atoms with E-state index in [0.717, 1.165) is 15.9 Å². The second kappa shape index (κ2) is 9.72. The van der Waals surface area contributed by atoms with Gasteiger partial charge in [0.25, 0.3) is 0 Å². The monoisotopic (exact) mass is 440 g/mol. The standard InChI is InChI=1S/C28H23FNOP/c1-2-28(31)30-27-20-12-19-26(29)25(27)21-32(22-13-6-3-7-14-22,23-15-8-4-9-16-23)24-17-10-5-11-18-24/h2-20H,1,21H2/p+1. The van der Waals surface area contributed by atoms with Crippen LogP contribution in [0.3, 0.4) is 0 Å². The van der Waals surface area contributed by atoms with Gasteiger partial charge in [0.05, 0.1) is 5.69 Å². The van der Waals surface area contributed by atoms with Crippen molar-refractivity contribution in [3.8, 4) is 0 Å². The third kappa shape index (κ3) is 4.26. The Morgan fingerprint density at radius 2 is 1.22 bits per heavy atom. The van der Waals surface area contributed by atoms with Gasteiger partial charge in [-0.25, -0.2) is 4.39 Å². The Morgan fingerprint density at radius 3 is 1.66 bits per heavy atom. The van der Waals surface area contributed by atoms with Crippen LogP contribution >= 0.6 is 7.26 Å². The molecule has 0 unspecified atom stereocenters. The van der Waals surface area contributed by atoms with Crippen LogP contribution in [0.2, 0.25) is 0 Å². The van der Waals surface area contributed by atoms with E-state index in [1.807, 2.05) is 54.6 Å². The average Bonchev–Trinajstić information content (AvgIpc) is 2.85. The summed E-state index contributed by atoms with van der Waals surface area (Å²) in [5, 5.41) is 6.26. The molecule has 0 atom stereocenters. The number of halogens is 1. The van der Waals surface area contributed by atoms with Crippen LogP contribution in [0.25, 0.3) is 0 Å². The van der Waals surface area contributed by atoms with Gasteiger partial charge in [0.15, 0.2) is 0 Å². The summed E-state index contributed by atoms with van der Waals surface area (Å²) in [6, 6.07) is 35.7. The highest BCUT2D eigenvalue weighted by atomic mass is 31.2. The maximum Gasteiger partial charge on any atom is 0.247 e. The third-order valence-corrected chi connectivity index (χ3v) is 9.88. The third-order valence-electron chi connectivity index (χ3n) is 5.55. The molecule has 0 spiro atoms. The molecule has 0 aliphatic heterocycles. The summed E-state index contributed by atoms with van der Waals surface area (Å²) < 4.78 is 15.3. The van der Waals surface area contributed by atoms with Crippen molar-refractivity contribution in [2.45, 2.75) is 6.16 Å². The fourth-order valence-electron chi connectivity index (χ4n) is 4.03. The number of nitrogens with one attached hydrogen (secondary N) is 1. The molecule has 0 aliphatic rings. The van der Waals surface area contributed by atoms with Crippen molar-refractivity contribution in [3.63, 3.8) is 0 Å². The van der Waals surface area contributed by atoms with E-state index in [2.05, 4.69) is 48.3 Å². The molecule has 0 radical (unpaired) electrons. The fourth-order valence-corrected chi connectivity index (χ4v) is 8.31. The first-order valence-electron chi connectivity index (χ1n) is 10.4. The molecule has 0 aromatic heterocycles. The Balaban J connectivity index is 2.00. The predicted molar refractivity (Wildman–Crippen MR) is 134 cm³/mol. The lowest BCUT2D eigenvalue weighted by molar-refractivity contribution is -0.111. The van der Waals surface area contributed by atoms with Gasteiger partial charge in [-0.15, -0.1) is 0 Å². The van der Waals surface area contributed by atoms with Crippen LogP contribution in [-0.4, -0.2) is 5.91 Å². The molecule has 32 heavy (non-hydrogen) atoms. The van der Waals surface area contributed by atoms with Crippen molar-refractivity contribution in [2.75, 3.05) is 5.32 Å². The van der Waals surface area contributed by atoms with Gasteiger partial charge in [0.1, 0.15) is 35.2 Å². The Bertz CT molecular complexity index is 1110. The maximum absolute atomic E-state index is 15.3. The van der Waals surface area contributed by atoms with Crippen LogP contribution in [0.15, 0.2) is 122 Å². The highest BCUT2D eigenvalue weighted by Crippen LogP contribution is 2.59. The second-order valence-electron chi connectivity index (χ2n) is 7.43. The molecule has 0 fully saturated rings. The lowest BCUT2D eigenvalue weighted by Crippen LogP contribution is -2.33. The first-order valence-corrected chi connectivity index (χ1v) is 12.4. The first kappa shape index (κ1) is 21.7. The maximum atomic E-state index is 15.3. The van der Waals surface area contributed by atoms with Crippen molar-refractivity contribution in [3.05, 3.63) is 133 Å². The van der Waals surface area contributed by atoms with Crippen molar-refractivity contribution >= 4 is 34.8 Å². The summed E-state index contributed by atoms with van der Waals surface area (Å²) in [6.07, 6.45) is 1.63. The quantitative estimate of drug-likeness (QED) is 0.301. The number of anilines is 1. The number of rotatable bonds is 7. The molecule has 0 saturated heterocycles. The number of amides is 1. The number of carbonyl (C=O) groups excluding carboxylic acids is 1. The van der Waals surface area contributed by atoms with Gasteiger partial charge in [0.2, 0.25) is 5.91 Å². The van der Waals surface area contributed by atoms with Crippen molar-refractivity contribution in [1.29, 1.82) is 0 Å². The van der Waals surface area contributed by atoms with Crippen LogP contribution < -0.4 is 21.2 Å². The molecular formula is C28H24FNOP+. The normalized spacial score (nSPS) is 11.0. The highest BCUT2D eigenvalue weighted by molar-refractivity contribution is 7.95. The van der Waals surface area contributed by atoms with Crippen LogP contribution in [-0.2, 0) is 11.0 Å². The molecule has 1 N–H and O–H groups in total. The van der Waals surface area contributed by atoms with Crippen LogP contribution in [0.4, 0.5) is 10.1 Å². The lowest BCUT2D eigenvalue weighted by Gasteiger charge is -2.28. The zero-order chi connectivity index (χ0) is 22.4. The minimum Gasteiger partial charge on any atom is -0.322 e. The van der Waals surface area contributed by atoms with Gasteiger partial charge in [0, 0.05) is 5.56 Å². The summed E-state index contributed by atoms with van der Waals surface area (Å²) in [5.74, 6) is -0.695. The van der Waals surface area contributed by atoms with Gasteiger partial charge >= 0.3 is 0 Å². The summed E-state index contributed by atoms with van der Waals surface area (Å²) in [5.41, 5.74) is 0.967. The van der Waals surface area contributed by atoms with Crippen molar-refractivity contribution in [2.24, 2.45) is 0 Å². The lowest BCUT2D eigenvalue weighted by atomic mass is 10.2. The number of carbonyl (C=O) groups is 1. The fraction of sp³-hybridized carbons (Fsp3) is 0.0357. The van der Waals surface area contributed by atoms with E-state index < -0.39 is 7.26 Å². The molecule has 0 bridgehead atoms. The second-order valence-corrected chi connectivity index (χ2v) is 10.9. The van der Waals surface area contributed by atoms with E-state index in [1.165, 1.54) is 12.1 Å². The minimum atomic E-state index is -2.30. The molecule has 0 aliphatic carbocycles. The Labute approximate surface area is 188 Å². The van der Waals surface area contributed by atoms with E-state index in [0.29, 0.717) is 17.4 Å². The van der Waals surface area contributed by atoms with Crippen LogP contribution in [0.5, 0.6) is 0 Å². The molecule has 0 heterocycles. The largest absolute Gasteiger partial charge is 0.322 e. The van der Waals surface area contributed by atoms with Crippen molar-refractivity contribution in [1.82, 2.24) is 0 Å². The average molecular weight is 440 g/mol. The first-order chi connectivity index (χ1) is 15.6. The number of benzene rings is 4. The molecule has 4 heteroatoms. The van der Waals surface area contributed by atoms with Crippen LogP contribution in [0.1, 0.15) is 5.56 Å². The Hall–Kier alpha value is -3.55. The van der Waals surface area contributed by atoms with Gasteiger partial charge in [-0.1, -0.05) is 67.2 Å². The van der Waals surface area contributed by atoms with Gasteiger partial charge in [-0.05, 0) is 54.6 Å². The van der Waals surface area contributed by atoms with Gasteiger partial charge < -0.3 is 5.32 Å². The number of hydrogen-bond donors (Lipinski definition) is 1. The van der Waals surface area contributed by atoms with Gasteiger partial charge in [-0.3, -0.25) is 4.79 Å². The highest BCUT2D eigenvalue weighted by Gasteiger charge is 2.46. The van der Waals surface area contributed by atoms with E-state index in [1.54, 1.807) is 12.1 Å².